The van der Waals surface area contributed by atoms with Gasteiger partial charge in [-0.25, -0.2) is 9.07 Å². The SMILES string of the molecule is CCOC(=O)Cc1cccc(-n2nc(-c3cccc(F)c3)cc2N)c1. The van der Waals surface area contributed by atoms with Crippen LogP contribution in [0.2, 0.25) is 0 Å². The van der Waals surface area contributed by atoms with Crippen LogP contribution < -0.4 is 5.73 Å². The average Bonchev–Trinajstić information content (AvgIpc) is 2.97. The molecule has 0 aliphatic rings. The number of halogens is 1. The minimum absolute atomic E-state index is 0.180. The number of carbonyl (C=O) groups is 1. The van der Waals surface area contributed by atoms with Crippen molar-refractivity contribution in [3.63, 3.8) is 0 Å². The molecule has 6 heteroatoms. The molecule has 0 spiro atoms. The highest BCUT2D eigenvalue weighted by Crippen LogP contribution is 2.24. The predicted molar refractivity (Wildman–Crippen MR) is 93.7 cm³/mol. The van der Waals surface area contributed by atoms with E-state index in [9.17, 15) is 9.18 Å². The molecule has 0 fully saturated rings. The van der Waals surface area contributed by atoms with Crippen LogP contribution in [0.25, 0.3) is 16.9 Å². The highest BCUT2D eigenvalue weighted by molar-refractivity contribution is 5.73. The number of carbonyl (C=O) groups excluding carboxylic acids is 1. The second kappa shape index (κ2) is 7.17. The third-order valence-electron chi connectivity index (χ3n) is 3.67. The van der Waals surface area contributed by atoms with Gasteiger partial charge in [-0.1, -0.05) is 24.3 Å². The molecule has 0 aliphatic carbocycles. The maximum absolute atomic E-state index is 13.4. The van der Waals surface area contributed by atoms with E-state index in [4.69, 9.17) is 10.5 Å². The first-order chi connectivity index (χ1) is 12.1. The number of aromatic nitrogens is 2. The smallest absolute Gasteiger partial charge is 0.310 e. The summed E-state index contributed by atoms with van der Waals surface area (Å²) in [4.78, 5) is 11.6. The van der Waals surface area contributed by atoms with E-state index < -0.39 is 0 Å². The van der Waals surface area contributed by atoms with Crippen molar-refractivity contribution in [2.45, 2.75) is 13.3 Å². The second-order valence-corrected chi connectivity index (χ2v) is 5.53. The van der Waals surface area contributed by atoms with Crippen LogP contribution in [0.5, 0.6) is 0 Å². The number of nitrogens with two attached hydrogens (primary N) is 1. The molecule has 25 heavy (non-hydrogen) atoms. The Morgan fingerprint density at radius 1 is 1.20 bits per heavy atom. The largest absolute Gasteiger partial charge is 0.466 e. The lowest BCUT2D eigenvalue weighted by Crippen LogP contribution is -2.08. The van der Waals surface area contributed by atoms with E-state index in [1.54, 1.807) is 29.8 Å². The van der Waals surface area contributed by atoms with E-state index in [0.717, 1.165) is 11.3 Å². The average molecular weight is 339 g/mol. The molecule has 0 bridgehead atoms. The van der Waals surface area contributed by atoms with Crippen LogP contribution >= 0.6 is 0 Å². The minimum Gasteiger partial charge on any atom is -0.466 e. The quantitative estimate of drug-likeness (QED) is 0.724. The fourth-order valence-electron chi connectivity index (χ4n) is 2.57. The van der Waals surface area contributed by atoms with Crippen LogP contribution in [0, 0.1) is 5.82 Å². The number of nitrogen functional groups attached to an aromatic ring is 1. The van der Waals surface area contributed by atoms with Gasteiger partial charge in [-0.3, -0.25) is 4.79 Å². The summed E-state index contributed by atoms with van der Waals surface area (Å²) in [5.41, 5.74) is 8.81. The first kappa shape index (κ1) is 16.7. The maximum Gasteiger partial charge on any atom is 0.310 e. The summed E-state index contributed by atoms with van der Waals surface area (Å²) in [7, 11) is 0. The Morgan fingerprint density at radius 2 is 2.00 bits per heavy atom. The van der Waals surface area contributed by atoms with Gasteiger partial charge in [0.05, 0.1) is 24.4 Å². The molecule has 0 saturated carbocycles. The minimum atomic E-state index is -0.331. The molecule has 2 N–H and O–H groups in total. The highest BCUT2D eigenvalue weighted by atomic mass is 19.1. The van der Waals surface area contributed by atoms with Gasteiger partial charge in [0.25, 0.3) is 0 Å². The van der Waals surface area contributed by atoms with Crippen LogP contribution in [-0.2, 0) is 16.0 Å². The number of anilines is 1. The molecule has 2 aromatic carbocycles. The molecule has 0 unspecified atom stereocenters. The van der Waals surface area contributed by atoms with Gasteiger partial charge < -0.3 is 10.5 Å². The molecule has 3 aromatic rings. The van der Waals surface area contributed by atoms with Gasteiger partial charge >= 0.3 is 5.97 Å². The van der Waals surface area contributed by atoms with Crippen molar-refractivity contribution < 1.29 is 13.9 Å². The second-order valence-electron chi connectivity index (χ2n) is 5.53. The predicted octanol–water partition coefficient (Wildman–Crippen LogP) is 3.37. The number of esters is 1. The van der Waals surface area contributed by atoms with Crippen molar-refractivity contribution in [2.75, 3.05) is 12.3 Å². The summed E-state index contributed by atoms with van der Waals surface area (Å²) in [5.74, 6) is -0.192. The fraction of sp³-hybridized carbons (Fsp3) is 0.158. The monoisotopic (exact) mass is 339 g/mol. The third-order valence-corrected chi connectivity index (χ3v) is 3.67. The topological polar surface area (TPSA) is 70.1 Å². The van der Waals surface area contributed by atoms with Crippen molar-refractivity contribution in [3.05, 3.63) is 66.0 Å². The lowest BCUT2D eigenvalue weighted by atomic mass is 10.1. The molecule has 0 aliphatic heterocycles. The first-order valence-corrected chi connectivity index (χ1v) is 7.93. The molecular formula is C19H18FN3O2. The fourth-order valence-corrected chi connectivity index (χ4v) is 2.57. The molecule has 1 aromatic heterocycles. The molecular weight excluding hydrogens is 321 g/mol. The summed E-state index contributed by atoms with van der Waals surface area (Å²) in [6.07, 6.45) is 0.180. The Labute approximate surface area is 144 Å². The van der Waals surface area contributed by atoms with Gasteiger partial charge in [0, 0.05) is 11.6 Å². The summed E-state index contributed by atoms with van der Waals surface area (Å²) >= 11 is 0. The summed E-state index contributed by atoms with van der Waals surface area (Å²) in [6, 6.07) is 15.2. The first-order valence-electron chi connectivity index (χ1n) is 7.93. The van der Waals surface area contributed by atoms with Crippen molar-refractivity contribution in [2.24, 2.45) is 0 Å². The third kappa shape index (κ3) is 3.85. The Morgan fingerprint density at radius 3 is 2.76 bits per heavy atom. The van der Waals surface area contributed by atoms with Gasteiger partial charge in [0.15, 0.2) is 0 Å². The number of rotatable bonds is 5. The number of benzene rings is 2. The summed E-state index contributed by atoms with van der Waals surface area (Å²) in [6.45, 7) is 2.12. The van der Waals surface area contributed by atoms with Crippen molar-refractivity contribution in [3.8, 4) is 16.9 Å². The van der Waals surface area contributed by atoms with E-state index >= 15 is 0 Å². The molecule has 1 heterocycles. The van der Waals surface area contributed by atoms with Crippen LogP contribution in [-0.4, -0.2) is 22.4 Å². The van der Waals surface area contributed by atoms with E-state index in [2.05, 4.69) is 5.10 Å². The molecule has 0 atom stereocenters. The van der Waals surface area contributed by atoms with Gasteiger partial charge in [-0.05, 0) is 36.8 Å². The van der Waals surface area contributed by atoms with Gasteiger partial charge in [0.1, 0.15) is 11.6 Å². The molecule has 0 radical (unpaired) electrons. The van der Waals surface area contributed by atoms with Crippen LogP contribution in [0.1, 0.15) is 12.5 Å². The molecule has 3 rings (SSSR count). The Bertz CT molecular complexity index is 905. The molecule has 0 saturated heterocycles. The zero-order chi connectivity index (χ0) is 17.8. The van der Waals surface area contributed by atoms with Gasteiger partial charge in [-0.15, -0.1) is 0 Å². The molecule has 5 nitrogen and oxygen atoms in total. The molecule has 0 amide bonds. The van der Waals surface area contributed by atoms with Crippen LogP contribution in [0.3, 0.4) is 0 Å². The van der Waals surface area contributed by atoms with E-state index in [1.807, 2.05) is 24.3 Å². The maximum atomic E-state index is 13.4. The Balaban J connectivity index is 1.91. The highest BCUT2D eigenvalue weighted by Gasteiger charge is 2.11. The number of ether oxygens (including phenoxy) is 1. The number of hydrogen-bond acceptors (Lipinski definition) is 4. The Hall–Kier alpha value is -3.15. The molecule has 128 valence electrons. The van der Waals surface area contributed by atoms with E-state index in [-0.39, 0.29) is 18.2 Å². The van der Waals surface area contributed by atoms with Crippen molar-refractivity contribution in [1.82, 2.24) is 9.78 Å². The van der Waals surface area contributed by atoms with E-state index in [0.29, 0.717) is 23.7 Å². The lowest BCUT2D eigenvalue weighted by molar-refractivity contribution is -0.142. The van der Waals surface area contributed by atoms with E-state index in [1.165, 1.54) is 12.1 Å². The zero-order valence-corrected chi connectivity index (χ0v) is 13.8. The van der Waals surface area contributed by atoms with Crippen LogP contribution in [0.15, 0.2) is 54.6 Å². The lowest BCUT2D eigenvalue weighted by Gasteiger charge is -2.07. The van der Waals surface area contributed by atoms with Crippen molar-refractivity contribution in [1.29, 1.82) is 0 Å². The summed E-state index contributed by atoms with van der Waals surface area (Å²) < 4.78 is 19.9. The van der Waals surface area contributed by atoms with Gasteiger partial charge in [0.2, 0.25) is 0 Å². The normalized spacial score (nSPS) is 10.6. The standard InChI is InChI=1S/C19H18FN3O2/c1-2-25-19(24)10-13-5-3-8-16(9-13)23-18(21)12-17(22-23)14-6-4-7-15(20)11-14/h3-9,11-12H,2,10,21H2,1H3. The summed E-state index contributed by atoms with van der Waals surface area (Å²) in [5, 5.41) is 4.46. The zero-order valence-electron chi connectivity index (χ0n) is 13.8. The number of nitrogens with zero attached hydrogens (tertiary/aromatic N) is 2. The van der Waals surface area contributed by atoms with Gasteiger partial charge in [-0.2, -0.15) is 5.10 Å². The van der Waals surface area contributed by atoms with Crippen LogP contribution in [0.4, 0.5) is 10.2 Å². The van der Waals surface area contributed by atoms with Crippen molar-refractivity contribution >= 4 is 11.8 Å². The Kier molecular flexibility index (Phi) is 4.79. The number of hydrogen-bond donors (Lipinski definition) is 1.